The third-order valence-corrected chi connectivity index (χ3v) is 3.17. The highest BCUT2D eigenvalue weighted by Gasteiger charge is 2.51. The van der Waals surface area contributed by atoms with Crippen molar-refractivity contribution in [1.29, 1.82) is 0 Å². The van der Waals surface area contributed by atoms with E-state index in [4.69, 9.17) is 5.73 Å². The van der Waals surface area contributed by atoms with Gasteiger partial charge in [0.2, 0.25) is 0 Å². The largest absolute Gasteiger partial charge is 0.383 e. The third kappa shape index (κ3) is 3.08. The van der Waals surface area contributed by atoms with E-state index >= 15 is 0 Å². The van der Waals surface area contributed by atoms with E-state index in [0.29, 0.717) is 25.7 Å². The fourth-order valence-electron chi connectivity index (χ4n) is 1.98. The molecular weight excluding hydrogens is 240 g/mol. The van der Waals surface area contributed by atoms with E-state index < -0.39 is 24.3 Å². The molecule has 1 aliphatic carbocycles. The SMILES string of the molecule is CN(C(=O)C(F)(F)C(F)F)C1CCC(N)CC1. The van der Waals surface area contributed by atoms with Crippen LogP contribution in [-0.4, -0.2) is 42.3 Å². The topological polar surface area (TPSA) is 46.3 Å². The molecule has 0 spiro atoms. The minimum Gasteiger partial charge on any atom is -0.337 e. The van der Waals surface area contributed by atoms with Crippen LogP contribution in [0.3, 0.4) is 0 Å². The minimum absolute atomic E-state index is 0.00496. The van der Waals surface area contributed by atoms with E-state index in [1.807, 2.05) is 0 Å². The number of nitrogens with zero attached hydrogens (tertiary/aromatic N) is 1. The van der Waals surface area contributed by atoms with Gasteiger partial charge in [-0.3, -0.25) is 4.79 Å². The van der Waals surface area contributed by atoms with Crippen LogP contribution in [0.1, 0.15) is 25.7 Å². The summed E-state index contributed by atoms with van der Waals surface area (Å²) in [5.41, 5.74) is 5.64. The maximum atomic E-state index is 12.9. The number of carbonyl (C=O) groups is 1. The first-order valence-electron chi connectivity index (χ1n) is 5.45. The van der Waals surface area contributed by atoms with Crippen molar-refractivity contribution in [1.82, 2.24) is 4.90 Å². The van der Waals surface area contributed by atoms with E-state index in [-0.39, 0.29) is 6.04 Å². The summed E-state index contributed by atoms with van der Waals surface area (Å²) in [7, 11) is 1.14. The molecule has 100 valence electrons. The van der Waals surface area contributed by atoms with Crippen molar-refractivity contribution >= 4 is 5.91 Å². The van der Waals surface area contributed by atoms with Crippen molar-refractivity contribution in [3.05, 3.63) is 0 Å². The van der Waals surface area contributed by atoms with E-state index in [9.17, 15) is 22.4 Å². The van der Waals surface area contributed by atoms with E-state index in [1.165, 1.54) is 0 Å². The second kappa shape index (κ2) is 5.20. The van der Waals surface area contributed by atoms with Crippen LogP contribution in [0.15, 0.2) is 0 Å². The zero-order valence-electron chi connectivity index (χ0n) is 9.51. The van der Waals surface area contributed by atoms with Crippen molar-refractivity contribution in [3.63, 3.8) is 0 Å². The summed E-state index contributed by atoms with van der Waals surface area (Å²) in [6.07, 6.45) is -1.79. The highest BCUT2D eigenvalue weighted by molar-refractivity contribution is 5.84. The molecule has 0 aromatic carbocycles. The molecule has 1 saturated carbocycles. The van der Waals surface area contributed by atoms with E-state index in [2.05, 4.69) is 0 Å². The number of hydrogen-bond acceptors (Lipinski definition) is 2. The van der Waals surface area contributed by atoms with Gasteiger partial charge in [-0.15, -0.1) is 0 Å². The van der Waals surface area contributed by atoms with Crippen molar-refractivity contribution in [2.45, 2.75) is 50.1 Å². The Labute approximate surface area is 96.9 Å². The molecular formula is C10H16F4N2O. The molecule has 0 bridgehead atoms. The molecule has 3 nitrogen and oxygen atoms in total. The fourth-order valence-corrected chi connectivity index (χ4v) is 1.98. The summed E-state index contributed by atoms with van der Waals surface area (Å²) in [4.78, 5) is 12.0. The van der Waals surface area contributed by atoms with Crippen LogP contribution >= 0.6 is 0 Å². The summed E-state index contributed by atoms with van der Waals surface area (Å²) in [5.74, 6) is -6.41. The zero-order valence-corrected chi connectivity index (χ0v) is 9.51. The number of amides is 1. The molecule has 7 heteroatoms. The molecule has 0 saturated heterocycles. The Morgan fingerprint density at radius 2 is 1.76 bits per heavy atom. The van der Waals surface area contributed by atoms with Gasteiger partial charge in [-0.25, -0.2) is 8.78 Å². The number of nitrogens with two attached hydrogens (primary N) is 1. The van der Waals surface area contributed by atoms with Crippen LogP contribution in [0, 0.1) is 0 Å². The summed E-state index contributed by atoms with van der Waals surface area (Å²) in [6, 6.07) is -0.419. The molecule has 1 amide bonds. The first-order valence-corrected chi connectivity index (χ1v) is 5.45. The van der Waals surface area contributed by atoms with Crippen LogP contribution in [0.5, 0.6) is 0 Å². The normalized spacial score (nSPS) is 26.1. The maximum absolute atomic E-state index is 12.9. The lowest BCUT2D eigenvalue weighted by Gasteiger charge is -2.35. The van der Waals surface area contributed by atoms with Gasteiger partial charge in [-0.1, -0.05) is 0 Å². The zero-order chi connectivity index (χ0) is 13.2. The summed E-state index contributed by atoms with van der Waals surface area (Å²) in [6.45, 7) is 0. The number of alkyl halides is 4. The molecule has 1 fully saturated rings. The quantitative estimate of drug-likeness (QED) is 0.780. The predicted octanol–water partition coefficient (Wildman–Crippen LogP) is 1.62. The number of carbonyl (C=O) groups excluding carboxylic acids is 1. The number of rotatable bonds is 3. The minimum atomic E-state index is -4.60. The van der Waals surface area contributed by atoms with Crippen molar-refractivity contribution < 1.29 is 22.4 Å². The predicted molar refractivity (Wildman–Crippen MR) is 54.0 cm³/mol. The monoisotopic (exact) mass is 256 g/mol. The van der Waals surface area contributed by atoms with Crippen molar-refractivity contribution in [2.75, 3.05) is 7.05 Å². The lowest BCUT2D eigenvalue weighted by Crippen LogP contribution is -2.51. The molecule has 0 aromatic rings. The summed E-state index contributed by atoms with van der Waals surface area (Å²) in [5, 5.41) is 0. The molecule has 0 heterocycles. The van der Waals surface area contributed by atoms with Crippen LogP contribution in [-0.2, 0) is 4.79 Å². The van der Waals surface area contributed by atoms with Crippen molar-refractivity contribution in [2.24, 2.45) is 5.73 Å². The summed E-state index contributed by atoms with van der Waals surface area (Å²) >= 11 is 0. The number of halogens is 4. The highest BCUT2D eigenvalue weighted by atomic mass is 19.3. The van der Waals surface area contributed by atoms with Gasteiger partial charge in [0.1, 0.15) is 0 Å². The molecule has 0 radical (unpaired) electrons. The standard InChI is InChI=1S/C10H16F4N2O/c1-16(7-4-2-6(15)3-5-7)9(17)10(13,14)8(11)12/h6-8H,2-5,15H2,1H3. The molecule has 2 N–H and O–H groups in total. The van der Waals surface area contributed by atoms with Gasteiger partial charge in [0, 0.05) is 19.1 Å². The van der Waals surface area contributed by atoms with Gasteiger partial charge in [0.05, 0.1) is 0 Å². The Morgan fingerprint density at radius 3 is 2.18 bits per heavy atom. The van der Waals surface area contributed by atoms with Gasteiger partial charge < -0.3 is 10.6 Å². The Kier molecular flexibility index (Phi) is 4.35. The van der Waals surface area contributed by atoms with Crippen LogP contribution in [0.4, 0.5) is 17.6 Å². The van der Waals surface area contributed by atoms with Gasteiger partial charge >= 0.3 is 12.3 Å². The Hall–Kier alpha value is -0.850. The van der Waals surface area contributed by atoms with Crippen LogP contribution in [0.2, 0.25) is 0 Å². The smallest absolute Gasteiger partial charge is 0.337 e. The first-order chi connectivity index (χ1) is 7.76. The van der Waals surface area contributed by atoms with E-state index in [1.54, 1.807) is 0 Å². The molecule has 17 heavy (non-hydrogen) atoms. The van der Waals surface area contributed by atoms with Crippen LogP contribution < -0.4 is 5.73 Å². The lowest BCUT2D eigenvalue weighted by atomic mass is 9.91. The van der Waals surface area contributed by atoms with Crippen LogP contribution in [0.25, 0.3) is 0 Å². The second-order valence-electron chi connectivity index (χ2n) is 4.41. The Balaban J connectivity index is 2.64. The molecule has 0 unspecified atom stereocenters. The maximum Gasteiger partial charge on any atom is 0.383 e. The first kappa shape index (κ1) is 14.2. The fraction of sp³-hybridized carbons (Fsp3) is 0.900. The van der Waals surface area contributed by atoms with Gasteiger partial charge in [0.15, 0.2) is 0 Å². The van der Waals surface area contributed by atoms with Gasteiger partial charge in [-0.2, -0.15) is 8.78 Å². The van der Waals surface area contributed by atoms with Crippen molar-refractivity contribution in [3.8, 4) is 0 Å². The van der Waals surface area contributed by atoms with Gasteiger partial charge in [-0.05, 0) is 25.7 Å². The Morgan fingerprint density at radius 1 is 1.29 bits per heavy atom. The number of hydrogen-bond donors (Lipinski definition) is 1. The molecule has 1 rings (SSSR count). The third-order valence-electron chi connectivity index (χ3n) is 3.17. The van der Waals surface area contributed by atoms with Gasteiger partial charge in [0.25, 0.3) is 5.91 Å². The summed E-state index contributed by atoms with van der Waals surface area (Å²) < 4.78 is 49.8. The lowest BCUT2D eigenvalue weighted by molar-refractivity contribution is -0.181. The average Bonchev–Trinajstić information content (AvgIpc) is 2.27. The molecule has 0 aromatic heterocycles. The highest BCUT2D eigenvalue weighted by Crippen LogP contribution is 2.28. The molecule has 0 aliphatic heterocycles. The second-order valence-corrected chi connectivity index (χ2v) is 4.41. The molecule has 0 atom stereocenters. The van der Waals surface area contributed by atoms with E-state index in [0.717, 1.165) is 11.9 Å². The molecule has 1 aliphatic rings. The average molecular weight is 256 g/mol. The Bertz CT molecular complexity index is 277.